The molecule has 0 spiro atoms. The fourth-order valence-electron chi connectivity index (χ4n) is 1.62. The molecule has 2 aromatic rings. The first-order chi connectivity index (χ1) is 8.86. The zero-order chi connectivity index (χ0) is 14.3. The van der Waals surface area contributed by atoms with Gasteiger partial charge in [-0.15, -0.1) is 0 Å². The van der Waals surface area contributed by atoms with Crippen molar-refractivity contribution in [1.29, 1.82) is 0 Å². The van der Waals surface area contributed by atoms with E-state index in [1.807, 2.05) is 0 Å². The minimum absolute atomic E-state index is 0.496. The molecular weight excluding hydrogens is 265 g/mol. The summed E-state index contributed by atoms with van der Waals surface area (Å²) in [6.07, 6.45) is 0. The van der Waals surface area contributed by atoms with Gasteiger partial charge < -0.3 is 20.4 Å². The van der Waals surface area contributed by atoms with Crippen LogP contribution >= 0.6 is 0 Å². The summed E-state index contributed by atoms with van der Waals surface area (Å²) in [6.45, 7) is 0. The van der Waals surface area contributed by atoms with Crippen LogP contribution in [-0.2, 0) is 0 Å². The van der Waals surface area contributed by atoms with Gasteiger partial charge in [-0.2, -0.15) is 8.78 Å². The molecule has 0 saturated carbocycles. The lowest BCUT2D eigenvalue weighted by molar-refractivity contribution is 0.353. The lowest BCUT2D eigenvalue weighted by Gasteiger charge is -2.11. The van der Waals surface area contributed by atoms with Crippen molar-refractivity contribution < 1.29 is 33.6 Å². The van der Waals surface area contributed by atoms with Gasteiger partial charge in [0.05, 0.1) is 5.56 Å². The second kappa shape index (κ2) is 4.27. The number of hydrogen-bond acceptors (Lipinski definition) is 4. The summed E-state index contributed by atoms with van der Waals surface area (Å²) in [5.74, 6) is -10.0. The van der Waals surface area contributed by atoms with E-state index in [0.29, 0.717) is 0 Å². The summed E-state index contributed by atoms with van der Waals surface area (Å²) in [4.78, 5) is 0. The lowest BCUT2D eigenvalue weighted by atomic mass is 10.0. The van der Waals surface area contributed by atoms with Crippen LogP contribution in [0, 0.1) is 17.5 Å². The Morgan fingerprint density at radius 3 is 1.89 bits per heavy atom. The largest absolute Gasteiger partial charge is 0.504 e. The fourth-order valence-corrected chi connectivity index (χ4v) is 1.62. The molecule has 0 bridgehead atoms. The van der Waals surface area contributed by atoms with E-state index in [1.165, 1.54) is 6.07 Å². The number of aromatic hydroxyl groups is 4. The van der Waals surface area contributed by atoms with Gasteiger partial charge in [-0.05, 0) is 6.07 Å². The summed E-state index contributed by atoms with van der Waals surface area (Å²) in [5, 5.41) is 37.2. The molecule has 0 aliphatic heterocycles. The number of para-hydroxylation sites is 1. The second-order valence-corrected chi connectivity index (χ2v) is 3.69. The van der Waals surface area contributed by atoms with Crippen LogP contribution in [0.15, 0.2) is 18.2 Å². The van der Waals surface area contributed by atoms with Crippen molar-refractivity contribution in [3.8, 4) is 34.1 Å². The molecule has 0 aliphatic carbocycles. The molecule has 19 heavy (non-hydrogen) atoms. The molecule has 0 fully saturated rings. The highest BCUT2D eigenvalue weighted by molar-refractivity contribution is 5.79. The van der Waals surface area contributed by atoms with Crippen LogP contribution in [0.25, 0.3) is 11.1 Å². The first-order valence-electron chi connectivity index (χ1n) is 4.96. The third-order valence-corrected chi connectivity index (χ3v) is 2.56. The van der Waals surface area contributed by atoms with Crippen molar-refractivity contribution in [2.45, 2.75) is 0 Å². The molecule has 0 aliphatic rings. The normalized spacial score (nSPS) is 10.7. The average Bonchev–Trinajstić information content (AvgIpc) is 2.39. The number of phenolic OH excluding ortho intramolecular Hbond substituents is 4. The van der Waals surface area contributed by atoms with Gasteiger partial charge in [-0.3, -0.25) is 0 Å². The van der Waals surface area contributed by atoms with Gasteiger partial charge in [0.1, 0.15) is 0 Å². The van der Waals surface area contributed by atoms with Gasteiger partial charge in [0.15, 0.2) is 28.8 Å². The summed E-state index contributed by atoms with van der Waals surface area (Å²) in [6, 6.07) is 3.29. The average molecular weight is 272 g/mol. The summed E-state index contributed by atoms with van der Waals surface area (Å²) in [7, 11) is 0. The Morgan fingerprint density at radius 1 is 0.684 bits per heavy atom. The van der Waals surface area contributed by atoms with Gasteiger partial charge in [0.2, 0.25) is 11.6 Å². The predicted octanol–water partition coefficient (Wildman–Crippen LogP) is 2.59. The Hall–Kier alpha value is -2.57. The summed E-state index contributed by atoms with van der Waals surface area (Å²) in [5.41, 5.74) is -1.45. The van der Waals surface area contributed by atoms with Crippen molar-refractivity contribution in [3.05, 3.63) is 35.7 Å². The predicted molar refractivity (Wildman–Crippen MR) is 58.4 cm³/mol. The van der Waals surface area contributed by atoms with Gasteiger partial charge in [-0.1, -0.05) is 12.1 Å². The van der Waals surface area contributed by atoms with Crippen molar-refractivity contribution in [1.82, 2.24) is 0 Å². The van der Waals surface area contributed by atoms with E-state index >= 15 is 0 Å². The number of rotatable bonds is 1. The standard InChI is InChI=1S/C12H7F3O4/c13-7-6(4-2-1-3-5(16)10(4)17)11(18)8(14)9(15)12(7)19/h1-3,16-19H. The Balaban J connectivity index is 2.87. The van der Waals surface area contributed by atoms with Crippen LogP contribution in [-0.4, -0.2) is 20.4 Å². The van der Waals surface area contributed by atoms with Crippen LogP contribution in [0.3, 0.4) is 0 Å². The molecule has 0 unspecified atom stereocenters. The Bertz CT molecular complexity index is 642. The molecule has 0 radical (unpaired) electrons. The first-order valence-corrected chi connectivity index (χ1v) is 4.96. The highest BCUT2D eigenvalue weighted by Gasteiger charge is 2.27. The quantitative estimate of drug-likeness (QED) is 0.365. The highest BCUT2D eigenvalue weighted by atomic mass is 19.2. The van der Waals surface area contributed by atoms with Crippen LogP contribution in [0.1, 0.15) is 0 Å². The molecule has 0 atom stereocenters. The molecule has 0 amide bonds. The van der Waals surface area contributed by atoms with E-state index in [-0.39, 0.29) is 0 Å². The van der Waals surface area contributed by atoms with E-state index in [9.17, 15) is 28.5 Å². The van der Waals surface area contributed by atoms with E-state index in [0.717, 1.165) is 12.1 Å². The zero-order valence-electron chi connectivity index (χ0n) is 9.15. The fraction of sp³-hybridized carbons (Fsp3) is 0. The first kappa shape index (κ1) is 12.9. The summed E-state index contributed by atoms with van der Waals surface area (Å²) < 4.78 is 39.9. The summed E-state index contributed by atoms with van der Waals surface area (Å²) >= 11 is 0. The van der Waals surface area contributed by atoms with Crippen LogP contribution < -0.4 is 0 Å². The SMILES string of the molecule is Oc1cccc(-c2c(O)c(F)c(F)c(O)c2F)c1O. The molecule has 2 rings (SSSR count). The maximum Gasteiger partial charge on any atom is 0.207 e. The van der Waals surface area contributed by atoms with Crippen molar-refractivity contribution in [3.63, 3.8) is 0 Å². The minimum Gasteiger partial charge on any atom is -0.504 e. The molecule has 7 heteroatoms. The highest BCUT2D eigenvalue weighted by Crippen LogP contribution is 2.45. The zero-order valence-corrected chi connectivity index (χ0v) is 9.15. The maximum atomic E-state index is 13.7. The molecule has 0 aromatic heterocycles. The monoisotopic (exact) mass is 272 g/mol. The van der Waals surface area contributed by atoms with Gasteiger partial charge in [0, 0.05) is 5.56 Å². The smallest absolute Gasteiger partial charge is 0.207 e. The molecule has 100 valence electrons. The topological polar surface area (TPSA) is 80.9 Å². The Labute approximate surface area is 104 Å². The van der Waals surface area contributed by atoms with E-state index in [1.54, 1.807) is 0 Å². The number of phenols is 4. The number of hydrogen-bond donors (Lipinski definition) is 4. The Kier molecular flexibility index (Phi) is 2.89. The van der Waals surface area contributed by atoms with Crippen molar-refractivity contribution >= 4 is 0 Å². The molecule has 2 aromatic carbocycles. The van der Waals surface area contributed by atoms with Crippen LogP contribution in [0.2, 0.25) is 0 Å². The van der Waals surface area contributed by atoms with E-state index in [2.05, 4.69) is 0 Å². The number of benzene rings is 2. The van der Waals surface area contributed by atoms with Gasteiger partial charge in [0.25, 0.3) is 0 Å². The second-order valence-electron chi connectivity index (χ2n) is 3.69. The maximum absolute atomic E-state index is 13.7. The minimum atomic E-state index is -1.95. The third-order valence-electron chi connectivity index (χ3n) is 2.56. The molecule has 4 nitrogen and oxygen atoms in total. The Morgan fingerprint density at radius 2 is 1.26 bits per heavy atom. The molecule has 0 heterocycles. The van der Waals surface area contributed by atoms with Crippen LogP contribution in [0.5, 0.6) is 23.0 Å². The van der Waals surface area contributed by atoms with E-state index in [4.69, 9.17) is 5.11 Å². The molecule has 0 saturated heterocycles. The van der Waals surface area contributed by atoms with E-state index < -0.39 is 51.6 Å². The van der Waals surface area contributed by atoms with Gasteiger partial charge >= 0.3 is 0 Å². The van der Waals surface area contributed by atoms with Crippen molar-refractivity contribution in [2.24, 2.45) is 0 Å². The van der Waals surface area contributed by atoms with Crippen LogP contribution in [0.4, 0.5) is 13.2 Å². The number of halogens is 3. The van der Waals surface area contributed by atoms with Crippen molar-refractivity contribution in [2.75, 3.05) is 0 Å². The molecule has 4 N–H and O–H groups in total. The lowest BCUT2D eigenvalue weighted by Crippen LogP contribution is -1.95. The van der Waals surface area contributed by atoms with Gasteiger partial charge in [-0.25, -0.2) is 4.39 Å². The third kappa shape index (κ3) is 1.79. The molecular formula is C12H7F3O4.